The Morgan fingerprint density at radius 2 is 2.00 bits per heavy atom. The first-order chi connectivity index (χ1) is 9.51. The van der Waals surface area contributed by atoms with E-state index in [1.54, 1.807) is 7.11 Å². The summed E-state index contributed by atoms with van der Waals surface area (Å²) in [4.78, 5) is 2.54. The second-order valence-corrected chi connectivity index (χ2v) is 6.33. The van der Waals surface area contributed by atoms with Crippen molar-refractivity contribution in [3.05, 3.63) is 29.3 Å². The lowest BCUT2D eigenvalue weighted by Crippen LogP contribution is -2.32. The molecular weight excluding hydrogens is 248 g/mol. The van der Waals surface area contributed by atoms with E-state index in [1.165, 1.54) is 30.5 Å². The summed E-state index contributed by atoms with van der Waals surface area (Å²) in [7, 11) is 1.74. The maximum atomic E-state index is 6.00. The normalized spacial score (nSPS) is 16.8. The molecule has 1 saturated carbocycles. The smallest absolute Gasteiger partial charge is 0.123 e. The van der Waals surface area contributed by atoms with Gasteiger partial charge in [0.1, 0.15) is 5.75 Å². The van der Waals surface area contributed by atoms with Crippen molar-refractivity contribution < 1.29 is 4.74 Å². The van der Waals surface area contributed by atoms with E-state index < -0.39 is 0 Å². The predicted octanol–water partition coefficient (Wildman–Crippen LogP) is 3.34. The second-order valence-electron chi connectivity index (χ2n) is 6.33. The van der Waals surface area contributed by atoms with Crippen LogP contribution in [0.3, 0.4) is 0 Å². The summed E-state index contributed by atoms with van der Waals surface area (Å²) in [6.07, 6.45) is 2.78. The summed E-state index contributed by atoms with van der Waals surface area (Å²) in [5.74, 6) is 1.87. The Bertz CT molecular complexity index is 439. The average Bonchev–Trinajstić information content (AvgIpc) is 3.21. The van der Waals surface area contributed by atoms with Crippen LogP contribution in [0.2, 0.25) is 0 Å². The minimum absolute atomic E-state index is 0.0654. The van der Waals surface area contributed by atoms with Gasteiger partial charge in [0.15, 0.2) is 0 Å². The molecule has 3 nitrogen and oxygen atoms in total. The maximum Gasteiger partial charge on any atom is 0.123 e. The molecule has 0 aliphatic heterocycles. The molecule has 0 heterocycles. The third-order valence-corrected chi connectivity index (χ3v) is 4.12. The molecule has 0 radical (unpaired) electrons. The number of hydrogen-bond acceptors (Lipinski definition) is 3. The summed E-state index contributed by atoms with van der Waals surface area (Å²) in [5, 5.41) is 0. The monoisotopic (exact) mass is 276 g/mol. The van der Waals surface area contributed by atoms with Crippen LogP contribution in [0.25, 0.3) is 0 Å². The first kappa shape index (κ1) is 15.3. The van der Waals surface area contributed by atoms with E-state index in [-0.39, 0.29) is 6.04 Å². The molecule has 1 aromatic rings. The molecule has 1 aliphatic rings. The Hall–Kier alpha value is -1.06. The van der Waals surface area contributed by atoms with Crippen LogP contribution in [0.5, 0.6) is 5.75 Å². The fraction of sp³-hybridized carbons (Fsp3) is 0.647. The van der Waals surface area contributed by atoms with Gasteiger partial charge in [-0.15, -0.1) is 0 Å². The van der Waals surface area contributed by atoms with Crippen molar-refractivity contribution in [2.75, 3.05) is 13.7 Å². The largest absolute Gasteiger partial charge is 0.496 e. The Morgan fingerprint density at radius 1 is 1.30 bits per heavy atom. The molecule has 0 amide bonds. The number of benzene rings is 1. The fourth-order valence-electron chi connectivity index (χ4n) is 2.51. The third-order valence-electron chi connectivity index (χ3n) is 4.12. The van der Waals surface area contributed by atoms with Gasteiger partial charge in [0.05, 0.1) is 7.11 Å². The van der Waals surface area contributed by atoms with Crippen molar-refractivity contribution in [2.45, 2.75) is 52.2 Å². The minimum atomic E-state index is 0.0654. The highest BCUT2D eigenvalue weighted by Crippen LogP contribution is 2.32. The van der Waals surface area contributed by atoms with Gasteiger partial charge in [-0.3, -0.25) is 4.90 Å². The van der Waals surface area contributed by atoms with Gasteiger partial charge >= 0.3 is 0 Å². The lowest BCUT2D eigenvalue weighted by atomic mass is 10.0. The van der Waals surface area contributed by atoms with E-state index in [0.717, 1.165) is 18.2 Å². The zero-order valence-corrected chi connectivity index (χ0v) is 13.2. The predicted molar refractivity (Wildman–Crippen MR) is 83.9 cm³/mol. The molecule has 1 atom stereocenters. The molecule has 1 unspecified atom stereocenters. The summed E-state index contributed by atoms with van der Waals surface area (Å²) >= 11 is 0. The van der Waals surface area contributed by atoms with Gasteiger partial charge in [0.2, 0.25) is 0 Å². The van der Waals surface area contributed by atoms with E-state index in [9.17, 15) is 0 Å². The molecule has 1 aromatic carbocycles. The quantitative estimate of drug-likeness (QED) is 0.830. The van der Waals surface area contributed by atoms with Gasteiger partial charge in [-0.25, -0.2) is 0 Å². The van der Waals surface area contributed by atoms with Crippen molar-refractivity contribution in [3.63, 3.8) is 0 Å². The third kappa shape index (κ3) is 3.97. The molecule has 112 valence electrons. The number of ether oxygens (including phenoxy) is 1. The van der Waals surface area contributed by atoms with Gasteiger partial charge in [0, 0.05) is 30.7 Å². The minimum Gasteiger partial charge on any atom is -0.496 e. The molecule has 20 heavy (non-hydrogen) atoms. The van der Waals surface area contributed by atoms with Crippen molar-refractivity contribution >= 4 is 0 Å². The Balaban J connectivity index is 2.17. The van der Waals surface area contributed by atoms with Crippen molar-refractivity contribution in [1.82, 2.24) is 4.90 Å². The first-order valence-electron chi connectivity index (χ1n) is 7.67. The highest BCUT2D eigenvalue weighted by molar-refractivity contribution is 5.38. The maximum absolute atomic E-state index is 6.00. The summed E-state index contributed by atoms with van der Waals surface area (Å²) in [6, 6.07) is 6.93. The molecule has 0 aromatic heterocycles. The van der Waals surface area contributed by atoms with Crippen molar-refractivity contribution in [3.8, 4) is 5.75 Å². The lowest BCUT2D eigenvalue weighted by Gasteiger charge is -2.27. The number of methoxy groups -OCH3 is 1. The van der Waals surface area contributed by atoms with Crippen molar-refractivity contribution in [1.29, 1.82) is 0 Å². The molecular formula is C17H28N2O. The number of nitrogens with two attached hydrogens (primary N) is 1. The van der Waals surface area contributed by atoms with E-state index >= 15 is 0 Å². The molecule has 0 bridgehead atoms. The Labute approximate surface area is 123 Å². The molecule has 0 saturated heterocycles. The van der Waals surface area contributed by atoms with Gasteiger partial charge in [-0.2, -0.15) is 0 Å². The molecule has 1 aliphatic carbocycles. The van der Waals surface area contributed by atoms with E-state index in [4.69, 9.17) is 10.5 Å². The van der Waals surface area contributed by atoms with Crippen LogP contribution in [0, 0.1) is 5.92 Å². The SMILES string of the molecule is COc1ccc(C(C)N)cc1CN(CC1CC1)C(C)C. The van der Waals surface area contributed by atoms with Crippen LogP contribution in [-0.4, -0.2) is 24.6 Å². The van der Waals surface area contributed by atoms with Crippen LogP contribution < -0.4 is 10.5 Å². The number of hydrogen-bond donors (Lipinski definition) is 1. The summed E-state index contributed by atoms with van der Waals surface area (Å²) in [6.45, 7) is 8.70. The average molecular weight is 276 g/mol. The van der Waals surface area contributed by atoms with Gasteiger partial charge in [-0.05, 0) is 57.2 Å². The molecule has 0 spiro atoms. The lowest BCUT2D eigenvalue weighted by molar-refractivity contribution is 0.201. The number of rotatable bonds is 7. The Morgan fingerprint density at radius 3 is 2.50 bits per heavy atom. The van der Waals surface area contributed by atoms with Gasteiger partial charge in [0.25, 0.3) is 0 Å². The van der Waals surface area contributed by atoms with Crippen LogP contribution in [0.1, 0.15) is 50.8 Å². The zero-order valence-electron chi connectivity index (χ0n) is 13.2. The zero-order chi connectivity index (χ0) is 14.7. The fourth-order valence-corrected chi connectivity index (χ4v) is 2.51. The second kappa shape index (κ2) is 6.59. The first-order valence-corrected chi connectivity index (χ1v) is 7.67. The topological polar surface area (TPSA) is 38.5 Å². The Kier molecular flexibility index (Phi) is 5.06. The van der Waals surface area contributed by atoms with Crippen LogP contribution >= 0.6 is 0 Å². The van der Waals surface area contributed by atoms with Crippen LogP contribution in [0.15, 0.2) is 18.2 Å². The number of nitrogens with zero attached hydrogens (tertiary/aromatic N) is 1. The van der Waals surface area contributed by atoms with E-state index in [2.05, 4.69) is 30.9 Å². The van der Waals surface area contributed by atoms with Gasteiger partial charge < -0.3 is 10.5 Å². The highest BCUT2D eigenvalue weighted by atomic mass is 16.5. The molecule has 2 N–H and O–H groups in total. The van der Waals surface area contributed by atoms with Crippen LogP contribution in [0.4, 0.5) is 0 Å². The molecule has 1 fully saturated rings. The molecule has 2 rings (SSSR count). The van der Waals surface area contributed by atoms with Crippen LogP contribution in [-0.2, 0) is 6.54 Å². The molecule has 3 heteroatoms. The van der Waals surface area contributed by atoms with Crippen molar-refractivity contribution in [2.24, 2.45) is 11.7 Å². The van der Waals surface area contributed by atoms with Gasteiger partial charge in [-0.1, -0.05) is 6.07 Å². The van der Waals surface area contributed by atoms with E-state index in [1.807, 2.05) is 13.0 Å². The summed E-state index contributed by atoms with van der Waals surface area (Å²) < 4.78 is 5.51. The standard InChI is InChI=1S/C17H28N2O/c1-12(2)19(10-14-5-6-14)11-16-9-15(13(3)18)7-8-17(16)20-4/h7-9,12-14H,5-6,10-11,18H2,1-4H3. The highest BCUT2D eigenvalue weighted by Gasteiger charge is 2.26. The van der Waals surface area contributed by atoms with E-state index in [0.29, 0.717) is 6.04 Å². The summed E-state index contributed by atoms with van der Waals surface area (Å²) in [5.41, 5.74) is 8.42.